The van der Waals surface area contributed by atoms with E-state index in [1.165, 1.54) is 33.1 Å². The molecule has 0 aliphatic rings. The third kappa shape index (κ3) is 1.44. The minimum absolute atomic E-state index is 1.16. The van der Waals surface area contributed by atoms with Crippen LogP contribution in [0.1, 0.15) is 0 Å². The number of rotatable bonds is 1. The van der Waals surface area contributed by atoms with Crippen molar-refractivity contribution in [3.05, 3.63) is 78.9 Å². The summed E-state index contributed by atoms with van der Waals surface area (Å²) < 4.78 is 2.33. The van der Waals surface area contributed by atoms with E-state index >= 15 is 0 Å². The lowest BCUT2D eigenvalue weighted by atomic mass is 10.0. The van der Waals surface area contributed by atoms with Crippen LogP contribution in [0.3, 0.4) is 0 Å². The van der Waals surface area contributed by atoms with Gasteiger partial charge in [-0.2, -0.15) is 0 Å². The van der Waals surface area contributed by atoms with Crippen LogP contribution in [0.2, 0.25) is 0 Å². The van der Waals surface area contributed by atoms with E-state index in [2.05, 4.69) is 88.2 Å². The molecule has 104 valence electrons. The van der Waals surface area contributed by atoms with Gasteiger partial charge in [0, 0.05) is 10.9 Å². The first-order chi connectivity index (χ1) is 10.9. The molecular formula is C20H14N2. The molecule has 2 aromatic heterocycles. The molecule has 22 heavy (non-hydrogen) atoms. The van der Waals surface area contributed by atoms with E-state index in [1.807, 2.05) is 0 Å². The largest absolute Gasteiger partial charge is 0.339 e. The number of nitrogens with zero attached hydrogens (tertiary/aromatic N) is 1. The number of para-hydroxylation sites is 3. The summed E-state index contributed by atoms with van der Waals surface area (Å²) in [6, 6.07) is 27.7. The van der Waals surface area contributed by atoms with Gasteiger partial charge in [-0.3, -0.25) is 4.40 Å². The number of imidazole rings is 1. The first-order valence-corrected chi connectivity index (χ1v) is 7.49. The van der Waals surface area contributed by atoms with Crippen molar-refractivity contribution in [2.45, 2.75) is 0 Å². The van der Waals surface area contributed by atoms with Gasteiger partial charge in [0.1, 0.15) is 5.65 Å². The molecule has 2 nitrogen and oxygen atoms in total. The highest BCUT2D eigenvalue weighted by molar-refractivity contribution is 6.07. The topological polar surface area (TPSA) is 20.2 Å². The van der Waals surface area contributed by atoms with E-state index in [9.17, 15) is 0 Å². The first-order valence-electron chi connectivity index (χ1n) is 7.49. The number of aromatic nitrogens is 2. The fourth-order valence-corrected chi connectivity index (χ4v) is 3.41. The minimum Gasteiger partial charge on any atom is -0.339 e. The molecule has 0 saturated carbocycles. The SMILES string of the molecule is c1ccc(-c2c3ccccc3n3c2[nH]c2ccccc23)cc1. The Morgan fingerprint density at radius 1 is 0.636 bits per heavy atom. The predicted octanol–water partition coefficient (Wildman–Crippen LogP) is 5.24. The summed E-state index contributed by atoms with van der Waals surface area (Å²) in [5.41, 5.74) is 7.30. The van der Waals surface area contributed by atoms with Crippen molar-refractivity contribution in [2.75, 3.05) is 0 Å². The number of benzene rings is 3. The maximum absolute atomic E-state index is 3.60. The summed E-state index contributed by atoms with van der Waals surface area (Å²) in [6.45, 7) is 0. The molecule has 3 aromatic carbocycles. The number of hydrogen-bond acceptors (Lipinski definition) is 0. The molecule has 2 heteroatoms. The molecular weight excluding hydrogens is 268 g/mol. The Morgan fingerprint density at radius 2 is 1.32 bits per heavy atom. The van der Waals surface area contributed by atoms with Gasteiger partial charge < -0.3 is 4.98 Å². The van der Waals surface area contributed by atoms with Gasteiger partial charge in [-0.15, -0.1) is 0 Å². The Morgan fingerprint density at radius 3 is 2.18 bits per heavy atom. The molecule has 5 aromatic rings. The van der Waals surface area contributed by atoms with Gasteiger partial charge in [-0.25, -0.2) is 0 Å². The zero-order chi connectivity index (χ0) is 14.5. The highest BCUT2D eigenvalue weighted by Gasteiger charge is 2.16. The summed E-state index contributed by atoms with van der Waals surface area (Å²) in [6.07, 6.45) is 0. The lowest BCUT2D eigenvalue weighted by molar-refractivity contribution is 1.33. The molecule has 0 radical (unpaired) electrons. The van der Waals surface area contributed by atoms with E-state index in [1.54, 1.807) is 0 Å². The van der Waals surface area contributed by atoms with Gasteiger partial charge in [0.05, 0.1) is 16.6 Å². The van der Waals surface area contributed by atoms with Crippen molar-refractivity contribution in [1.82, 2.24) is 9.38 Å². The molecule has 2 heterocycles. The van der Waals surface area contributed by atoms with Gasteiger partial charge in [-0.05, 0) is 23.8 Å². The Hall–Kier alpha value is -3.00. The molecule has 5 rings (SSSR count). The van der Waals surface area contributed by atoms with Crippen LogP contribution in [0, 0.1) is 0 Å². The number of aromatic amines is 1. The summed E-state index contributed by atoms with van der Waals surface area (Å²) in [7, 11) is 0. The molecule has 0 fully saturated rings. The van der Waals surface area contributed by atoms with Crippen molar-refractivity contribution < 1.29 is 0 Å². The molecule has 0 aliphatic carbocycles. The molecule has 0 aliphatic heterocycles. The van der Waals surface area contributed by atoms with Crippen molar-refractivity contribution in [3.63, 3.8) is 0 Å². The second-order valence-corrected chi connectivity index (χ2v) is 5.58. The minimum atomic E-state index is 1.16. The average Bonchev–Trinajstić information content (AvgIpc) is 3.10. The van der Waals surface area contributed by atoms with E-state index < -0.39 is 0 Å². The summed E-state index contributed by atoms with van der Waals surface area (Å²) in [5.74, 6) is 0. The van der Waals surface area contributed by atoms with Crippen molar-refractivity contribution in [1.29, 1.82) is 0 Å². The van der Waals surface area contributed by atoms with E-state index in [-0.39, 0.29) is 0 Å². The average molecular weight is 282 g/mol. The second kappa shape index (κ2) is 4.25. The van der Waals surface area contributed by atoms with Gasteiger partial charge >= 0.3 is 0 Å². The highest BCUT2D eigenvalue weighted by Crippen LogP contribution is 2.36. The van der Waals surface area contributed by atoms with Crippen LogP contribution in [0.4, 0.5) is 0 Å². The molecule has 0 spiro atoms. The standard InChI is InChI=1S/C20H14N2/c1-2-8-14(9-3-1)19-15-10-4-6-12-17(15)22-18-13-7-5-11-16(18)21-20(19)22/h1-13,21H. The zero-order valence-corrected chi connectivity index (χ0v) is 12.0. The Bertz CT molecular complexity index is 1110. The number of hydrogen-bond donors (Lipinski definition) is 1. The molecule has 0 bridgehead atoms. The third-order valence-corrected chi connectivity index (χ3v) is 4.34. The molecule has 1 N–H and O–H groups in total. The molecule has 0 unspecified atom stereocenters. The molecule has 0 atom stereocenters. The predicted molar refractivity (Wildman–Crippen MR) is 92.2 cm³/mol. The van der Waals surface area contributed by atoms with E-state index in [0.29, 0.717) is 0 Å². The summed E-state index contributed by atoms with van der Waals surface area (Å²) in [5, 5.41) is 1.28. The van der Waals surface area contributed by atoms with Gasteiger partial charge in [-0.1, -0.05) is 60.7 Å². The smallest absolute Gasteiger partial charge is 0.124 e. The highest BCUT2D eigenvalue weighted by atomic mass is 15.0. The fraction of sp³-hybridized carbons (Fsp3) is 0. The molecule has 0 saturated heterocycles. The lowest BCUT2D eigenvalue weighted by Gasteiger charge is -1.99. The van der Waals surface area contributed by atoms with Crippen molar-refractivity contribution >= 4 is 27.6 Å². The van der Waals surface area contributed by atoms with Crippen LogP contribution in [-0.4, -0.2) is 9.38 Å². The normalized spacial score (nSPS) is 11.6. The van der Waals surface area contributed by atoms with Crippen molar-refractivity contribution in [2.24, 2.45) is 0 Å². The van der Waals surface area contributed by atoms with Gasteiger partial charge in [0.25, 0.3) is 0 Å². The van der Waals surface area contributed by atoms with Crippen LogP contribution in [-0.2, 0) is 0 Å². The number of H-pyrrole nitrogens is 1. The first kappa shape index (κ1) is 11.6. The van der Waals surface area contributed by atoms with Gasteiger partial charge in [0.2, 0.25) is 0 Å². The van der Waals surface area contributed by atoms with Crippen LogP contribution in [0.5, 0.6) is 0 Å². The second-order valence-electron chi connectivity index (χ2n) is 5.58. The van der Waals surface area contributed by atoms with Crippen LogP contribution < -0.4 is 0 Å². The Kier molecular flexibility index (Phi) is 2.25. The van der Waals surface area contributed by atoms with E-state index in [0.717, 1.165) is 5.65 Å². The van der Waals surface area contributed by atoms with Crippen molar-refractivity contribution in [3.8, 4) is 11.1 Å². The Balaban J connectivity index is 2.07. The maximum atomic E-state index is 3.60. The Labute approximate surface area is 127 Å². The van der Waals surface area contributed by atoms with Crippen LogP contribution >= 0.6 is 0 Å². The fourth-order valence-electron chi connectivity index (χ4n) is 3.41. The summed E-state index contributed by atoms with van der Waals surface area (Å²) >= 11 is 0. The van der Waals surface area contributed by atoms with Crippen LogP contribution in [0.25, 0.3) is 38.7 Å². The summed E-state index contributed by atoms with van der Waals surface area (Å²) in [4.78, 5) is 3.60. The van der Waals surface area contributed by atoms with E-state index in [4.69, 9.17) is 0 Å². The number of fused-ring (bicyclic) bond motifs is 5. The van der Waals surface area contributed by atoms with Gasteiger partial charge in [0.15, 0.2) is 0 Å². The van der Waals surface area contributed by atoms with Crippen LogP contribution in [0.15, 0.2) is 78.9 Å². The molecule has 0 amide bonds. The number of nitrogens with one attached hydrogen (secondary N) is 1. The third-order valence-electron chi connectivity index (χ3n) is 4.34. The lowest BCUT2D eigenvalue weighted by Crippen LogP contribution is -1.78. The maximum Gasteiger partial charge on any atom is 0.124 e. The monoisotopic (exact) mass is 282 g/mol. The zero-order valence-electron chi connectivity index (χ0n) is 12.0. The quantitative estimate of drug-likeness (QED) is 0.434.